The van der Waals surface area contributed by atoms with Crippen LogP contribution >= 0.6 is 34.8 Å². The monoisotopic (exact) mass is 306 g/mol. The quantitative estimate of drug-likeness (QED) is 0.688. The molecule has 98 valence electrons. The third kappa shape index (κ3) is 13.0. The predicted octanol–water partition coefficient (Wildman–Crippen LogP) is 4.77. The van der Waals surface area contributed by atoms with Gasteiger partial charge in [-0.1, -0.05) is 71.2 Å². The van der Waals surface area contributed by atoms with Crippen LogP contribution in [0, 0.1) is 0 Å². The number of halogens is 3. The van der Waals surface area contributed by atoms with Gasteiger partial charge < -0.3 is 10.2 Å². The summed E-state index contributed by atoms with van der Waals surface area (Å²) >= 11 is 14.4. The van der Waals surface area contributed by atoms with Gasteiger partial charge in [-0.2, -0.15) is 0 Å². The normalized spacial score (nSPS) is 8.67. The smallest absolute Gasteiger partial charge is 0.180 e. The predicted molar refractivity (Wildman–Crippen MR) is 77.6 cm³/mol. The molecule has 0 atom stereocenters. The molecule has 2 aromatic rings. The Balaban J connectivity index is 0.000000253. The summed E-state index contributed by atoms with van der Waals surface area (Å²) in [4.78, 5) is 0. The standard InChI is InChI=1S/2C6H6O.CHCl3/c2*7-6-4-2-1-3-5-6;2-1(3)4/h2*1-5,7H;1H. The molecule has 0 saturated carbocycles. The highest BCUT2D eigenvalue weighted by Crippen LogP contribution is 2.04. The van der Waals surface area contributed by atoms with Gasteiger partial charge >= 0.3 is 0 Å². The third-order valence-corrected chi connectivity index (χ3v) is 1.51. The van der Waals surface area contributed by atoms with Crippen LogP contribution in [0.3, 0.4) is 0 Å². The number of para-hydroxylation sites is 2. The lowest BCUT2D eigenvalue weighted by Crippen LogP contribution is -1.56. The highest BCUT2D eigenvalue weighted by Gasteiger charge is 1.79. The molecule has 2 rings (SSSR count). The lowest BCUT2D eigenvalue weighted by molar-refractivity contribution is 0.475. The van der Waals surface area contributed by atoms with Crippen molar-refractivity contribution in [2.24, 2.45) is 0 Å². The van der Waals surface area contributed by atoms with E-state index in [1.807, 2.05) is 12.1 Å². The molecule has 0 saturated heterocycles. The Morgan fingerprint density at radius 2 is 0.833 bits per heavy atom. The van der Waals surface area contributed by atoms with E-state index < -0.39 is 4.30 Å². The maximum Gasteiger partial charge on any atom is 0.180 e. The van der Waals surface area contributed by atoms with Crippen LogP contribution in [-0.2, 0) is 0 Å². The first-order valence-corrected chi connectivity index (χ1v) is 6.23. The van der Waals surface area contributed by atoms with Crippen LogP contribution in [0.5, 0.6) is 11.5 Å². The van der Waals surface area contributed by atoms with E-state index in [9.17, 15) is 0 Å². The average Bonchev–Trinajstić information content (AvgIpc) is 2.31. The van der Waals surface area contributed by atoms with Gasteiger partial charge in [-0.3, -0.25) is 0 Å². The average molecular weight is 308 g/mol. The zero-order chi connectivity index (χ0) is 13.8. The number of aromatic hydroxyl groups is 2. The van der Waals surface area contributed by atoms with Crippen molar-refractivity contribution >= 4 is 34.8 Å². The molecule has 0 heterocycles. The van der Waals surface area contributed by atoms with Crippen LogP contribution in [0.1, 0.15) is 0 Å². The van der Waals surface area contributed by atoms with Gasteiger partial charge in [0.05, 0.1) is 0 Å². The largest absolute Gasteiger partial charge is 0.508 e. The third-order valence-electron chi connectivity index (χ3n) is 1.51. The Labute approximate surface area is 121 Å². The van der Waals surface area contributed by atoms with E-state index in [0.29, 0.717) is 11.5 Å². The van der Waals surface area contributed by atoms with E-state index >= 15 is 0 Å². The molecular formula is C13H13Cl3O2. The molecule has 2 nitrogen and oxygen atoms in total. The Kier molecular flexibility index (Phi) is 10.4. The Morgan fingerprint density at radius 1 is 0.611 bits per heavy atom. The summed E-state index contributed by atoms with van der Waals surface area (Å²) in [6, 6.07) is 17.4. The van der Waals surface area contributed by atoms with Gasteiger partial charge in [0.1, 0.15) is 11.5 Å². The van der Waals surface area contributed by atoms with Crippen LogP contribution in [0.4, 0.5) is 0 Å². The van der Waals surface area contributed by atoms with Crippen molar-refractivity contribution in [3.05, 3.63) is 60.7 Å². The number of phenolic OH excluding ortho intramolecular Hbond substituents is 2. The van der Waals surface area contributed by atoms with Gasteiger partial charge in [-0.05, 0) is 24.3 Å². The SMILES string of the molecule is ClC(Cl)Cl.Oc1ccccc1.Oc1ccccc1. The number of benzene rings is 2. The first-order valence-electron chi connectivity index (χ1n) is 4.92. The fraction of sp³-hybridized carbons (Fsp3) is 0.0769. The molecule has 0 unspecified atom stereocenters. The van der Waals surface area contributed by atoms with E-state index in [2.05, 4.69) is 0 Å². The molecule has 0 bridgehead atoms. The van der Waals surface area contributed by atoms with Crippen LogP contribution < -0.4 is 0 Å². The maximum atomic E-state index is 8.63. The van der Waals surface area contributed by atoms with Crippen LogP contribution in [-0.4, -0.2) is 14.5 Å². The first-order chi connectivity index (χ1) is 8.52. The molecule has 0 fully saturated rings. The zero-order valence-corrected chi connectivity index (χ0v) is 11.6. The number of hydrogen-bond acceptors (Lipinski definition) is 2. The Hall–Kier alpha value is -1.09. The molecule has 0 radical (unpaired) electrons. The molecule has 0 amide bonds. The summed E-state index contributed by atoms with van der Waals surface area (Å²) in [5, 5.41) is 17.3. The fourth-order valence-electron chi connectivity index (χ4n) is 0.856. The van der Waals surface area contributed by atoms with Crippen LogP contribution in [0.2, 0.25) is 0 Å². The van der Waals surface area contributed by atoms with Crippen molar-refractivity contribution in [2.75, 3.05) is 0 Å². The Morgan fingerprint density at radius 3 is 0.944 bits per heavy atom. The second-order valence-corrected chi connectivity index (χ2v) is 4.90. The summed E-state index contributed by atoms with van der Waals surface area (Å²) < 4.78 is -0.750. The van der Waals surface area contributed by atoms with Gasteiger partial charge in [0, 0.05) is 0 Å². The minimum Gasteiger partial charge on any atom is -0.508 e. The molecule has 5 heteroatoms. The molecule has 0 aliphatic heterocycles. The Bertz CT molecular complexity index is 353. The number of hydrogen-bond donors (Lipinski definition) is 2. The van der Waals surface area contributed by atoms with E-state index in [1.54, 1.807) is 48.5 Å². The number of rotatable bonds is 0. The summed E-state index contributed by atoms with van der Waals surface area (Å²) in [6.45, 7) is 0. The lowest BCUT2D eigenvalue weighted by Gasteiger charge is -1.82. The summed E-state index contributed by atoms with van der Waals surface area (Å²) in [6.07, 6.45) is 0. The second kappa shape index (κ2) is 11.0. The number of alkyl halides is 3. The van der Waals surface area contributed by atoms with E-state index in [1.165, 1.54) is 0 Å². The first kappa shape index (κ1) is 16.9. The van der Waals surface area contributed by atoms with Crippen molar-refractivity contribution in [1.29, 1.82) is 0 Å². The van der Waals surface area contributed by atoms with Gasteiger partial charge in [-0.15, -0.1) is 0 Å². The molecular weight excluding hydrogens is 295 g/mol. The van der Waals surface area contributed by atoms with Gasteiger partial charge in [0.2, 0.25) is 0 Å². The lowest BCUT2D eigenvalue weighted by atomic mass is 10.3. The van der Waals surface area contributed by atoms with Gasteiger partial charge in [0.15, 0.2) is 4.30 Å². The number of phenols is 2. The molecule has 0 aromatic heterocycles. The molecule has 0 spiro atoms. The summed E-state index contributed by atoms with van der Waals surface area (Å²) in [5.74, 6) is 0.644. The maximum absolute atomic E-state index is 8.63. The minimum absolute atomic E-state index is 0.322. The van der Waals surface area contributed by atoms with Gasteiger partial charge in [0.25, 0.3) is 0 Å². The van der Waals surface area contributed by atoms with Crippen LogP contribution in [0.25, 0.3) is 0 Å². The molecule has 0 aliphatic carbocycles. The minimum atomic E-state index is -0.750. The van der Waals surface area contributed by atoms with E-state index in [0.717, 1.165) is 0 Å². The van der Waals surface area contributed by atoms with Gasteiger partial charge in [-0.25, -0.2) is 0 Å². The van der Waals surface area contributed by atoms with E-state index in [-0.39, 0.29) is 0 Å². The van der Waals surface area contributed by atoms with Crippen molar-refractivity contribution < 1.29 is 10.2 Å². The van der Waals surface area contributed by atoms with Crippen molar-refractivity contribution in [2.45, 2.75) is 4.30 Å². The van der Waals surface area contributed by atoms with Crippen molar-refractivity contribution in [3.63, 3.8) is 0 Å². The highest BCUT2D eigenvalue weighted by molar-refractivity contribution is 6.63. The van der Waals surface area contributed by atoms with E-state index in [4.69, 9.17) is 45.0 Å². The highest BCUT2D eigenvalue weighted by atomic mass is 35.6. The molecule has 0 aliphatic rings. The summed E-state index contributed by atoms with van der Waals surface area (Å²) in [7, 11) is 0. The topological polar surface area (TPSA) is 40.5 Å². The summed E-state index contributed by atoms with van der Waals surface area (Å²) in [5.41, 5.74) is 0. The fourth-order valence-corrected chi connectivity index (χ4v) is 0.856. The van der Waals surface area contributed by atoms with Crippen LogP contribution in [0.15, 0.2) is 60.7 Å². The second-order valence-electron chi connectivity index (χ2n) is 2.92. The molecule has 2 N–H and O–H groups in total. The van der Waals surface area contributed by atoms with Crippen molar-refractivity contribution in [3.8, 4) is 11.5 Å². The zero-order valence-electron chi connectivity index (χ0n) is 9.38. The molecule has 18 heavy (non-hydrogen) atoms. The van der Waals surface area contributed by atoms with Crippen molar-refractivity contribution in [1.82, 2.24) is 0 Å². The molecule has 2 aromatic carbocycles.